The molecule has 4 rings (SSSR count). The molecular weight excluding hydrogens is 334 g/mol. The molecule has 4 heterocycles. The molecule has 4 aromatic rings. The zero-order valence-electron chi connectivity index (χ0n) is 14.2. The van der Waals surface area contributed by atoms with Crippen molar-refractivity contribution in [1.29, 1.82) is 0 Å². The number of aromatic nitrogens is 6. The van der Waals surface area contributed by atoms with E-state index in [2.05, 4.69) is 25.3 Å². The fourth-order valence-electron chi connectivity index (χ4n) is 2.68. The highest BCUT2D eigenvalue weighted by Gasteiger charge is 2.17. The molecule has 2 N–H and O–H groups in total. The lowest BCUT2D eigenvalue weighted by atomic mass is 10.2. The Morgan fingerprint density at radius 1 is 1.12 bits per heavy atom. The van der Waals surface area contributed by atoms with Crippen molar-refractivity contribution in [3.8, 4) is 11.5 Å². The number of anilines is 1. The van der Waals surface area contributed by atoms with Crippen molar-refractivity contribution in [3.05, 3.63) is 48.0 Å². The zero-order chi connectivity index (χ0) is 17.9. The molecule has 0 atom stereocenters. The standard InChI is InChI=1S/C17H17N7O2/c1-25-9-7-11-4-2-5-12(19-11)10-24-16-15(22-23-24)14(20-17(18)21-16)13-6-3-8-26-13/h2-6,8H,7,9-10H2,1H3,(H2,18,20,21). The number of nitrogens with zero attached hydrogens (tertiary/aromatic N) is 6. The van der Waals surface area contributed by atoms with Crippen LogP contribution in [0.2, 0.25) is 0 Å². The molecule has 0 fully saturated rings. The van der Waals surface area contributed by atoms with Gasteiger partial charge in [0.05, 0.1) is 25.1 Å². The van der Waals surface area contributed by atoms with E-state index in [1.54, 1.807) is 30.2 Å². The summed E-state index contributed by atoms with van der Waals surface area (Å²) >= 11 is 0. The molecule has 132 valence electrons. The summed E-state index contributed by atoms with van der Waals surface area (Å²) in [4.78, 5) is 13.2. The molecule has 0 aliphatic rings. The number of fused-ring (bicyclic) bond motifs is 1. The second-order valence-electron chi connectivity index (χ2n) is 5.69. The first-order valence-corrected chi connectivity index (χ1v) is 8.09. The van der Waals surface area contributed by atoms with Crippen molar-refractivity contribution < 1.29 is 9.15 Å². The number of rotatable bonds is 6. The summed E-state index contributed by atoms with van der Waals surface area (Å²) in [5.74, 6) is 0.699. The van der Waals surface area contributed by atoms with E-state index in [0.717, 1.165) is 17.8 Å². The monoisotopic (exact) mass is 351 g/mol. The number of nitrogen functional groups attached to an aromatic ring is 1. The lowest BCUT2D eigenvalue weighted by Crippen LogP contribution is -2.08. The molecule has 0 radical (unpaired) electrons. The molecular formula is C17H17N7O2. The Hall–Kier alpha value is -3.33. The van der Waals surface area contributed by atoms with Gasteiger partial charge in [0.15, 0.2) is 16.9 Å². The minimum absolute atomic E-state index is 0.134. The van der Waals surface area contributed by atoms with Crippen LogP contribution in [0, 0.1) is 0 Å². The highest BCUT2D eigenvalue weighted by molar-refractivity contribution is 5.85. The predicted octanol–water partition coefficient (Wildman–Crippen LogP) is 1.70. The third-order valence-corrected chi connectivity index (χ3v) is 3.87. The Morgan fingerprint density at radius 2 is 2.00 bits per heavy atom. The smallest absolute Gasteiger partial charge is 0.222 e. The molecule has 4 aromatic heterocycles. The normalized spacial score (nSPS) is 11.3. The lowest BCUT2D eigenvalue weighted by Gasteiger charge is -2.05. The number of ether oxygens (including phenoxy) is 1. The van der Waals surface area contributed by atoms with E-state index < -0.39 is 0 Å². The Kier molecular flexibility index (Phi) is 4.28. The minimum Gasteiger partial charge on any atom is -0.463 e. The third-order valence-electron chi connectivity index (χ3n) is 3.87. The maximum atomic E-state index is 5.87. The Balaban J connectivity index is 1.70. The number of pyridine rings is 1. The highest BCUT2D eigenvalue weighted by atomic mass is 16.5. The van der Waals surface area contributed by atoms with E-state index in [4.69, 9.17) is 14.9 Å². The van der Waals surface area contributed by atoms with Gasteiger partial charge in [0.2, 0.25) is 5.95 Å². The SMILES string of the molecule is COCCc1cccc(Cn2nnc3c(-c4ccco4)nc(N)nc32)n1. The van der Waals surface area contributed by atoms with Crippen LogP contribution in [-0.2, 0) is 17.7 Å². The van der Waals surface area contributed by atoms with Gasteiger partial charge in [-0.25, -0.2) is 9.67 Å². The van der Waals surface area contributed by atoms with Crippen LogP contribution in [0.3, 0.4) is 0 Å². The molecule has 0 aliphatic carbocycles. The summed E-state index contributed by atoms with van der Waals surface area (Å²) in [6.07, 6.45) is 2.32. The van der Waals surface area contributed by atoms with Crippen molar-refractivity contribution in [2.45, 2.75) is 13.0 Å². The number of methoxy groups -OCH3 is 1. The first-order valence-electron chi connectivity index (χ1n) is 8.09. The topological polar surface area (TPSA) is 118 Å². The predicted molar refractivity (Wildman–Crippen MR) is 94.2 cm³/mol. The molecule has 0 aromatic carbocycles. The van der Waals surface area contributed by atoms with Gasteiger partial charge in [0, 0.05) is 19.2 Å². The summed E-state index contributed by atoms with van der Waals surface area (Å²) < 4.78 is 12.2. The fourth-order valence-corrected chi connectivity index (χ4v) is 2.68. The Morgan fingerprint density at radius 3 is 2.81 bits per heavy atom. The van der Waals surface area contributed by atoms with Gasteiger partial charge in [0.1, 0.15) is 5.69 Å². The van der Waals surface area contributed by atoms with E-state index in [-0.39, 0.29) is 5.95 Å². The third kappa shape index (κ3) is 3.11. The molecule has 26 heavy (non-hydrogen) atoms. The fraction of sp³-hybridized carbons (Fsp3) is 0.235. The Bertz CT molecular complexity index is 1030. The summed E-state index contributed by atoms with van der Waals surface area (Å²) in [6, 6.07) is 9.43. The van der Waals surface area contributed by atoms with Gasteiger partial charge in [-0.05, 0) is 24.3 Å². The van der Waals surface area contributed by atoms with Crippen molar-refractivity contribution >= 4 is 17.1 Å². The molecule has 0 bridgehead atoms. The maximum Gasteiger partial charge on any atom is 0.222 e. The molecule has 9 heteroatoms. The molecule has 0 unspecified atom stereocenters. The van der Waals surface area contributed by atoms with E-state index in [9.17, 15) is 0 Å². The molecule has 0 spiro atoms. The van der Waals surface area contributed by atoms with Crippen LogP contribution in [0.5, 0.6) is 0 Å². The van der Waals surface area contributed by atoms with Crippen molar-refractivity contribution in [2.24, 2.45) is 0 Å². The second kappa shape index (κ2) is 6.89. The van der Waals surface area contributed by atoms with Crippen LogP contribution in [0.1, 0.15) is 11.4 Å². The summed E-state index contributed by atoms with van der Waals surface area (Å²) in [5, 5.41) is 8.40. The molecule has 0 saturated carbocycles. The second-order valence-corrected chi connectivity index (χ2v) is 5.69. The summed E-state index contributed by atoms with van der Waals surface area (Å²) in [5.41, 5.74) is 9.26. The van der Waals surface area contributed by atoms with Gasteiger partial charge in [-0.1, -0.05) is 11.3 Å². The van der Waals surface area contributed by atoms with Crippen LogP contribution in [0.4, 0.5) is 5.95 Å². The van der Waals surface area contributed by atoms with E-state index in [1.807, 2.05) is 18.2 Å². The van der Waals surface area contributed by atoms with E-state index >= 15 is 0 Å². The van der Waals surface area contributed by atoms with Gasteiger partial charge >= 0.3 is 0 Å². The molecule has 9 nitrogen and oxygen atoms in total. The van der Waals surface area contributed by atoms with E-state index in [0.29, 0.717) is 35.8 Å². The molecule has 0 saturated heterocycles. The first-order chi connectivity index (χ1) is 12.7. The van der Waals surface area contributed by atoms with Crippen LogP contribution < -0.4 is 5.73 Å². The Labute approximate surface area is 148 Å². The largest absolute Gasteiger partial charge is 0.463 e. The van der Waals surface area contributed by atoms with Gasteiger partial charge < -0.3 is 14.9 Å². The average molecular weight is 351 g/mol. The maximum absolute atomic E-state index is 5.87. The number of nitrogens with two attached hydrogens (primary N) is 1. The van der Waals surface area contributed by atoms with E-state index in [1.165, 1.54) is 0 Å². The number of hydrogen-bond acceptors (Lipinski definition) is 8. The van der Waals surface area contributed by atoms with Gasteiger partial charge in [-0.3, -0.25) is 4.98 Å². The van der Waals surface area contributed by atoms with Crippen LogP contribution >= 0.6 is 0 Å². The van der Waals surface area contributed by atoms with Crippen LogP contribution in [-0.4, -0.2) is 43.7 Å². The van der Waals surface area contributed by atoms with Crippen molar-refractivity contribution in [2.75, 3.05) is 19.5 Å². The number of furan rings is 1. The first kappa shape index (κ1) is 16.2. The lowest BCUT2D eigenvalue weighted by molar-refractivity contribution is 0.201. The quantitative estimate of drug-likeness (QED) is 0.557. The van der Waals surface area contributed by atoms with Crippen LogP contribution in [0.25, 0.3) is 22.6 Å². The van der Waals surface area contributed by atoms with Crippen molar-refractivity contribution in [3.63, 3.8) is 0 Å². The highest BCUT2D eigenvalue weighted by Crippen LogP contribution is 2.25. The van der Waals surface area contributed by atoms with Crippen molar-refractivity contribution in [1.82, 2.24) is 29.9 Å². The van der Waals surface area contributed by atoms with Crippen LogP contribution in [0.15, 0.2) is 41.0 Å². The minimum atomic E-state index is 0.134. The van der Waals surface area contributed by atoms with Gasteiger partial charge in [-0.15, -0.1) is 5.10 Å². The average Bonchev–Trinajstić information content (AvgIpc) is 3.30. The molecule has 0 amide bonds. The summed E-state index contributed by atoms with van der Waals surface area (Å²) in [6.45, 7) is 1.05. The summed E-state index contributed by atoms with van der Waals surface area (Å²) in [7, 11) is 1.67. The molecule has 0 aliphatic heterocycles. The van der Waals surface area contributed by atoms with Gasteiger partial charge in [-0.2, -0.15) is 4.98 Å². The number of hydrogen-bond donors (Lipinski definition) is 1. The zero-order valence-corrected chi connectivity index (χ0v) is 14.2. The van der Waals surface area contributed by atoms with Gasteiger partial charge in [0.25, 0.3) is 0 Å².